The molecular weight excluding hydrogens is 420 g/mol. The molecule has 1 aromatic heterocycles. The first kappa shape index (κ1) is 21.4. The summed E-state index contributed by atoms with van der Waals surface area (Å²) in [6.45, 7) is 0.124. The topological polar surface area (TPSA) is 91.4 Å². The monoisotopic (exact) mass is 438 g/mol. The standard InChI is InChI=1S/C21H18N4O3S2/c26-18(23-24-19(27)16-9-5-12-22-14-16)11-13-25-20(28)17(30-21(25)29)10-4-8-15-6-2-1-3-7-15/h1-10,12,14H,11,13H2,(H,23,26)(H,24,27). The third-order valence-corrected chi connectivity index (χ3v) is 5.41. The van der Waals surface area contributed by atoms with Gasteiger partial charge in [-0.1, -0.05) is 66.5 Å². The summed E-state index contributed by atoms with van der Waals surface area (Å²) < 4.78 is 0.395. The molecule has 0 aliphatic carbocycles. The fraction of sp³-hybridized carbons (Fsp3) is 0.0952. The van der Waals surface area contributed by atoms with Crippen LogP contribution in [0.2, 0.25) is 0 Å². The highest BCUT2D eigenvalue weighted by molar-refractivity contribution is 8.26. The van der Waals surface area contributed by atoms with Gasteiger partial charge in [0.05, 0.1) is 10.5 Å². The predicted octanol–water partition coefficient (Wildman–Crippen LogP) is 2.69. The normalized spacial score (nSPS) is 15.1. The van der Waals surface area contributed by atoms with Crippen LogP contribution in [0.3, 0.4) is 0 Å². The summed E-state index contributed by atoms with van der Waals surface area (Å²) >= 11 is 6.45. The number of hydrazine groups is 1. The summed E-state index contributed by atoms with van der Waals surface area (Å²) in [5.74, 6) is -1.15. The van der Waals surface area contributed by atoms with Crippen molar-refractivity contribution in [1.82, 2.24) is 20.7 Å². The molecule has 2 aromatic rings. The number of allylic oxidation sites excluding steroid dienone is 2. The van der Waals surface area contributed by atoms with Crippen LogP contribution in [-0.4, -0.2) is 38.5 Å². The molecule has 1 aromatic carbocycles. The molecule has 3 rings (SSSR count). The van der Waals surface area contributed by atoms with Crippen molar-refractivity contribution in [2.75, 3.05) is 6.54 Å². The van der Waals surface area contributed by atoms with Crippen LogP contribution in [0.1, 0.15) is 22.3 Å². The molecule has 1 aliphatic heterocycles. The number of amides is 3. The second-order valence-electron chi connectivity index (χ2n) is 6.12. The lowest BCUT2D eigenvalue weighted by Crippen LogP contribution is -2.43. The number of hydrogen-bond acceptors (Lipinski definition) is 6. The second-order valence-corrected chi connectivity index (χ2v) is 7.80. The molecule has 3 amide bonds. The van der Waals surface area contributed by atoms with Gasteiger partial charge in [-0.15, -0.1) is 0 Å². The van der Waals surface area contributed by atoms with E-state index in [4.69, 9.17) is 12.2 Å². The zero-order valence-electron chi connectivity index (χ0n) is 15.8. The molecule has 1 saturated heterocycles. The Morgan fingerprint density at radius 3 is 2.67 bits per heavy atom. The van der Waals surface area contributed by atoms with Gasteiger partial charge in [0.1, 0.15) is 4.32 Å². The molecule has 0 saturated carbocycles. The predicted molar refractivity (Wildman–Crippen MR) is 120 cm³/mol. The Bertz CT molecular complexity index is 1010. The van der Waals surface area contributed by atoms with E-state index in [2.05, 4.69) is 15.8 Å². The molecule has 30 heavy (non-hydrogen) atoms. The Kier molecular flexibility index (Phi) is 7.47. The zero-order valence-corrected chi connectivity index (χ0v) is 17.4. The van der Waals surface area contributed by atoms with Gasteiger partial charge in [0.2, 0.25) is 5.91 Å². The van der Waals surface area contributed by atoms with Crippen LogP contribution < -0.4 is 10.9 Å². The smallest absolute Gasteiger partial charge is 0.271 e. The SMILES string of the molecule is O=C(CCN1C(=O)C(=CC=Cc2ccccc2)SC1=S)NNC(=O)c1cccnc1. The van der Waals surface area contributed by atoms with Crippen LogP contribution in [0.5, 0.6) is 0 Å². The minimum Gasteiger partial charge on any atom is -0.292 e. The van der Waals surface area contributed by atoms with Gasteiger partial charge in [-0.05, 0) is 23.8 Å². The lowest BCUT2D eigenvalue weighted by Gasteiger charge is -2.14. The Hall–Kier alpha value is -3.30. The average molecular weight is 439 g/mol. The molecule has 2 heterocycles. The number of hydrogen-bond donors (Lipinski definition) is 2. The maximum atomic E-state index is 12.5. The number of aromatic nitrogens is 1. The number of carbonyl (C=O) groups excluding carboxylic acids is 3. The first-order chi connectivity index (χ1) is 14.5. The van der Waals surface area contributed by atoms with E-state index in [0.717, 1.165) is 5.56 Å². The van der Waals surface area contributed by atoms with E-state index in [1.807, 2.05) is 36.4 Å². The van der Waals surface area contributed by atoms with E-state index in [0.29, 0.717) is 14.8 Å². The third kappa shape index (κ3) is 5.85. The highest BCUT2D eigenvalue weighted by Gasteiger charge is 2.31. The molecule has 0 unspecified atom stereocenters. The van der Waals surface area contributed by atoms with Crippen molar-refractivity contribution in [2.45, 2.75) is 6.42 Å². The van der Waals surface area contributed by atoms with Gasteiger partial charge in [-0.25, -0.2) is 0 Å². The van der Waals surface area contributed by atoms with Crippen LogP contribution in [0, 0.1) is 0 Å². The van der Waals surface area contributed by atoms with E-state index in [-0.39, 0.29) is 18.9 Å². The van der Waals surface area contributed by atoms with Gasteiger partial charge < -0.3 is 0 Å². The zero-order chi connectivity index (χ0) is 21.3. The summed E-state index contributed by atoms with van der Waals surface area (Å²) in [4.78, 5) is 42.1. The van der Waals surface area contributed by atoms with Gasteiger partial charge in [0, 0.05) is 25.4 Å². The molecule has 2 N–H and O–H groups in total. The van der Waals surface area contributed by atoms with Gasteiger partial charge in [-0.3, -0.25) is 35.1 Å². The highest BCUT2D eigenvalue weighted by Crippen LogP contribution is 2.31. The highest BCUT2D eigenvalue weighted by atomic mass is 32.2. The van der Waals surface area contributed by atoms with Gasteiger partial charge in [0.25, 0.3) is 11.8 Å². The van der Waals surface area contributed by atoms with Crippen molar-refractivity contribution in [3.63, 3.8) is 0 Å². The largest absolute Gasteiger partial charge is 0.292 e. The molecular formula is C21H18N4O3S2. The molecule has 152 valence electrons. The van der Waals surface area contributed by atoms with Crippen LogP contribution in [0.25, 0.3) is 6.08 Å². The molecule has 0 spiro atoms. The fourth-order valence-electron chi connectivity index (χ4n) is 2.49. The Morgan fingerprint density at radius 1 is 1.13 bits per heavy atom. The maximum absolute atomic E-state index is 12.5. The summed E-state index contributed by atoms with van der Waals surface area (Å²) in [6.07, 6.45) is 8.32. The Labute approximate surface area is 183 Å². The van der Waals surface area contributed by atoms with Crippen molar-refractivity contribution in [1.29, 1.82) is 0 Å². The maximum Gasteiger partial charge on any atom is 0.271 e. The molecule has 1 fully saturated rings. The summed E-state index contributed by atoms with van der Waals surface area (Å²) in [5, 5.41) is 0. The molecule has 7 nitrogen and oxygen atoms in total. The molecule has 0 atom stereocenters. The van der Waals surface area contributed by atoms with E-state index in [1.54, 1.807) is 30.5 Å². The third-order valence-electron chi connectivity index (χ3n) is 4.01. The van der Waals surface area contributed by atoms with E-state index in [1.165, 1.54) is 22.9 Å². The van der Waals surface area contributed by atoms with Gasteiger partial charge >= 0.3 is 0 Å². The van der Waals surface area contributed by atoms with Crippen LogP contribution in [-0.2, 0) is 9.59 Å². The lowest BCUT2D eigenvalue weighted by atomic mass is 10.2. The molecule has 0 radical (unpaired) electrons. The summed E-state index contributed by atoms with van der Waals surface area (Å²) in [6, 6.07) is 12.9. The number of thiocarbonyl (C=S) groups is 1. The summed E-state index contributed by atoms with van der Waals surface area (Å²) in [7, 11) is 0. The quantitative estimate of drug-likeness (QED) is 0.409. The van der Waals surface area contributed by atoms with Crippen molar-refractivity contribution in [2.24, 2.45) is 0 Å². The second kappa shape index (κ2) is 10.5. The summed E-state index contributed by atoms with van der Waals surface area (Å²) in [5.41, 5.74) is 5.97. The van der Waals surface area contributed by atoms with Crippen LogP contribution >= 0.6 is 24.0 Å². The number of nitrogens with zero attached hydrogens (tertiary/aromatic N) is 2. The Balaban J connectivity index is 1.48. The van der Waals surface area contributed by atoms with Gasteiger partial charge in [-0.2, -0.15) is 0 Å². The molecule has 1 aliphatic rings. The van der Waals surface area contributed by atoms with Crippen LogP contribution in [0.4, 0.5) is 0 Å². The molecule has 9 heteroatoms. The minimum atomic E-state index is -0.477. The Morgan fingerprint density at radius 2 is 1.93 bits per heavy atom. The van der Waals surface area contributed by atoms with E-state index < -0.39 is 11.8 Å². The van der Waals surface area contributed by atoms with E-state index in [9.17, 15) is 14.4 Å². The number of benzene rings is 1. The van der Waals surface area contributed by atoms with Crippen molar-refractivity contribution < 1.29 is 14.4 Å². The van der Waals surface area contributed by atoms with Crippen LogP contribution in [0.15, 0.2) is 71.9 Å². The number of carbonyl (C=O) groups is 3. The first-order valence-corrected chi connectivity index (χ1v) is 10.2. The van der Waals surface area contributed by atoms with Crippen molar-refractivity contribution in [3.8, 4) is 0 Å². The van der Waals surface area contributed by atoms with E-state index >= 15 is 0 Å². The molecule has 0 bridgehead atoms. The fourth-order valence-corrected chi connectivity index (χ4v) is 3.75. The average Bonchev–Trinajstić information content (AvgIpc) is 3.04. The van der Waals surface area contributed by atoms with Gasteiger partial charge in [0.15, 0.2) is 0 Å². The minimum absolute atomic E-state index is 0.00705. The number of rotatable bonds is 6. The lowest BCUT2D eigenvalue weighted by molar-refractivity contribution is -0.124. The van der Waals surface area contributed by atoms with Crippen molar-refractivity contribution in [3.05, 3.63) is 83.0 Å². The van der Waals surface area contributed by atoms with Crippen molar-refractivity contribution >= 4 is 52.1 Å². The number of thioether (sulfide) groups is 1. The first-order valence-electron chi connectivity index (χ1n) is 9.01. The number of pyridine rings is 1. The number of nitrogens with one attached hydrogen (secondary N) is 2.